The van der Waals surface area contributed by atoms with E-state index in [1.807, 2.05) is 6.08 Å². The van der Waals surface area contributed by atoms with Gasteiger partial charge in [0.1, 0.15) is 12.2 Å². The van der Waals surface area contributed by atoms with Crippen LogP contribution in [-0.2, 0) is 9.53 Å². The van der Waals surface area contributed by atoms with Crippen LogP contribution in [0.25, 0.3) is 0 Å². The summed E-state index contributed by atoms with van der Waals surface area (Å²) in [6.07, 6.45) is 13.7. The first-order valence-electron chi connectivity index (χ1n) is 12.5. The van der Waals surface area contributed by atoms with Gasteiger partial charge in [0.05, 0.1) is 6.10 Å². The van der Waals surface area contributed by atoms with E-state index in [9.17, 15) is 9.90 Å². The Morgan fingerprint density at radius 3 is 2.63 bits per heavy atom. The largest absolute Gasteiger partial charge is 0.393 e. The summed E-state index contributed by atoms with van der Waals surface area (Å²) in [6, 6.07) is 0. The maximum Gasteiger partial charge on any atom is 0.187 e. The lowest BCUT2D eigenvalue weighted by molar-refractivity contribution is -0.116. The predicted molar refractivity (Wildman–Crippen MR) is 119 cm³/mol. The quantitative estimate of drug-likeness (QED) is 0.621. The zero-order valence-corrected chi connectivity index (χ0v) is 19.4. The van der Waals surface area contributed by atoms with Crippen molar-refractivity contribution in [1.82, 2.24) is 0 Å². The van der Waals surface area contributed by atoms with Crippen LogP contribution in [0.15, 0.2) is 23.8 Å². The predicted octanol–water partition coefficient (Wildman–Crippen LogP) is 5.33. The standard InChI is InChI=1S/C27H40O3/c1-15(2)22(28)11-6-16(3)19-9-10-20-18-8-7-17-14-23(29)24-25(30-24)27(17,5)21(18)12-13-26(19,20)4/h7-8,14-16,18-22,24-25,28H,6,9-13H2,1-5H3/t16-,18+,19-,20+,21+,22-,24+,25+,26-,27+/m1/s1. The van der Waals surface area contributed by atoms with Gasteiger partial charge in [-0.15, -0.1) is 0 Å². The van der Waals surface area contributed by atoms with Crippen LogP contribution in [0, 0.1) is 46.3 Å². The number of hydrogen-bond donors (Lipinski definition) is 1. The number of ketones is 1. The number of aliphatic hydroxyl groups is 1. The average molecular weight is 413 g/mol. The Bertz CT molecular complexity index is 781. The average Bonchev–Trinajstić information content (AvgIpc) is 3.44. The fourth-order valence-electron chi connectivity index (χ4n) is 8.31. The van der Waals surface area contributed by atoms with Crippen molar-refractivity contribution in [2.75, 3.05) is 0 Å². The smallest absolute Gasteiger partial charge is 0.187 e. The molecule has 1 aliphatic heterocycles. The molecule has 0 bridgehead atoms. The Hall–Kier alpha value is -0.930. The lowest BCUT2D eigenvalue weighted by atomic mass is 9.48. The third-order valence-electron chi connectivity index (χ3n) is 10.3. The minimum absolute atomic E-state index is 0.0183. The highest BCUT2D eigenvalue weighted by molar-refractivity contribution is 5.98. The first-order valence-corrected chi connectivity index (χ1v) is 12.5. The highest BCUT2D eigenvalue weighted by Gasteiger charge is 2.66. The molecule has 1 heterocycles. The van der Waals surface area contributed by atoms with E-state index >= 15 is 0 Å². The molecule has 0 aromatic carbocycles. The maximum absolute atomic E-state index is 12.2. The number of epoxide rings is 1. The van der Waals surface area contributed by atoms with Gasteiger partial charge in [-0.05, 0) is 91.1 Å². The van der Waals surface area contributed by atoms with E-state index in [2.05, 4.69) is 46.8 Å². The van der Waals surface area contributed by atoms with Crippen LogP contribution in [0.5, 0.6) is 0 Å². The highest BCUT2D eigenvalue weighted by Crippen LogP contribution is 2.68. The van der Waals surface area contributed by atoms with Crippen LogP contribution in [0.2, 0.25) is 0 Å². The minimum atomic E-state index is -0.167. The van der Waals surface area contributed by atoms with Gasteiger partial charge in [0.15, 0.2) is 5.78 Å². The second-order valence-corrected chi connectivity index (χ2v) is 12.0. The Morgan fingerprint density at radius 1 is 1.13 bits per heavy atom. The van der Waals surface area contributed by atoms with Crippen LogP contribution in [0.4, 0.5) is 0 Å². The molecule has 4 aliphatic carbocycles. The Morgan fingerprint density at radius 2 is 1.90 bits per heavy atom. The lowest BCUT2D eigenvalue weighted by Crippen LogP contribution is -2.51. The Kier molecular flexibility index (Phi) is 4.91. The van der Waals surface area contributed by atoms with Gasteiger partial charge >= 0.3 is 0 Å². The van der Waals surface area contributed by atoms with Crippen molar-refractivity contribution in [2.24, 2.45) is 46.3 Å². The van der Waals surface area contributed by atoms with Crippen LogP contribution >= 0.6 is 0 Å². The molecule has 3 nitrogen and oxygen atoms in total. The molecule has 5 aliphatic rings. The van der Waals surface area contributed by atoms with Crippen molar-refractivity contribution < 1.29 is 14.6 Å². The molecule has 166 valence electrons. The van der Waals surface area contributed by atoms with Gasteiger partial charge in [0.2, 0.25) is 0 Å². The molecule has 1 saturated heterocycles. The molecule has 3 heteroatoms. The molecule has 0 amide bonds. The molecule has 3 fully saturated rings. The van der Waals surface area contributed by atoms with Crippen molar-refractivity contribution >= 4 is 5.78 Å². The molecular weight excluding hydrogens is 372 g/mol. The molecule has 0 radical (unpaired) electrons. The number of aliphatic hydroxyl groups excluding tert-OH is 1. The summed E-state index contributed by atoms with van der Waals surface area (Å²) in [5.74, 6) is 3.92. The summed E-state index contributed by atoms with van der Waals surface area (Å²) in [5.41, 5.74) is 1.64. The van der Waals surface area contributed by atoms with Crippen LogP contribution in [0.1, 0.15) is 73.1 Å². The third-order valence-corrected chi connectivity index (χ3v) is 10.3. The summed E-state index contributed by atoms with van der Waals surface area (Å²) in [5, 5.41) is 10.3. The zero-order valence-electron chi connectivity index (χ0n) is 19.4. The second kappa shape index (κ2) is 7.04. The van der Waals surface area contributed by atoms with Crippen molar-refractivity contribution in [3.05, 3.63) is 23.8 Å². The summed E-state index contributed by atoms with van der Waals surface area (Å²) in [6.45, 7) is 11.6. The number of rotatable bonds is 5. The van der Waals surface area contributed by atoms with Crippen molar-refractivity contribution in [1.29, 1.82) is 0 Å². The van der Waals surface area contributed by atoms with Gasteiger partial charge in [0, 0.05) is 5.41 Å². The number of carbonyl (C=O) groups is 1. The molecule has 2 saturated carbocycles. The van der Waals surface area contributed by atoms with Gasteiger partial charge in [-0.1, -0.05) is 46.8 Å². The monoisotopic (exact) mass is 412 g/mol. The number of allylic oxidation sites excluding steroid dienone is 2. The van der Waals surface area contributed by atoms with E-state index in [0.29, 0.717) is 29.1 Å². The molecule has 1 N–H and O–H groups in total. The molecule has 10 atom stereocenters. The molecule has 5 rings (SSSR count). The summed E-state index contributed by atoms with van der Waals surface area (Å²) >= 11 is 0. The zero-order chi connectivity index (χ0) is 21.4. The van der Waals surface area contributed by atoms with Crippen LogP contribution < -0.4 is 0 Å². The molecule has 30 heavy (non-hydrogen) atoms. The molecule has 0 spiro atoms. The minimum Gasteiger partial charge on any atom is -0.393 e. The van der Waals surface area contributed by atoms with Crippen molar-refractivity contribution in [3.8, 4) is 0 Å². The van der Waals surface area contributed by atoms with E-state index in [4.69, 9.17) is 4.74 Å². The molecule has 0 aromatic heterocycles. The van der Waals surface area contributed by atoms with Crippen LogP contribution in [-0.4, -0.2) is 29.2 Å². The summed E-state index contributed by atoms with van der Waals surface area (Å²) < 4.78 is 5.92. The highest BCUT2D eigenvalue weighted by atomic mass is 16.6. The van der Waals surface area contributed by atoms with E-state index < -0.39 is 0 Å². The lowest BCUT2D eigenvalue weighted by Gasteiger charge is -2.56. The Labute approximate surface area is 182 Å². The maximum atomic E-state index is 12.2. The van der Waals surface area contributed by atoms with Gasteiger partial charge in [0.25, 0.3) is 0 Å². The second-order valence-electron chi connectivity index (χ2n) is 12.0. The number of fused-ring (bicyclic) bond motifs is 7. The van der Waals surface area contributed by atoms with Gasteiger partial charge in [-0.2, -0.15) is 0 Å². The van der Waals surface area contributed by atoms with Crippen molar-refractivity contribution in [2.45, 2.75) is 91.5 Å². The van der Waals surface area contributed by atoms with E-state index in [1.165, 1.54) is 31.3 Å². The number of ether oxygens (including phenoxy) is 1. The first-order chi connectivity index (χ1) is 14.2. The fraction of sp³-hybridized carbons (Fsp3) is 0.815. The van der Waals surface area contributed by atoms with E-state index in [-0.39, 0.29) is 29.5 Å². The van der Waals surface area contributed by atoms with Crippen LogP contribution in [0.3, 0.4) is 0 Å². The van der Waals surface area contributed by atoms with Gasteiger partial charge in [-0.3, -0.25) is 4.79 Å². The topological polar surface area (TPSA) is 49.8 Å². The number of carbonyl (C=O) groups excluding carboxylic acids is 1. The van der Waals surface area contributed by atoms with Gasteiger partial charge < -0.3 is 9.84 Å². The van der Waals surface area contributed by atoms with E-state index in [0.717, 1.165) is 24.7 Å². The van der Waals surface area contributed by atoms with Gasteiger partial charge in [-0.25, -0.2) is 0 Å². The fourth-order valence-corrected chi connectivity index (χ4v) is 8.31. The van der Waals surface area contributed by atoms with E-state index in [1.54, 1.807) is 0 Å². The molecule has 0 aromatic rings. The summed E-state index contributed by atoms with van der Waals surface area (Å²) in [4.78, 5) is 12.2. The summed E-state index contributed by atoms with van der Waals surface area (Å²) in [7, 11) is 0. The molecule has 0 unspecified atom stereocenters. The third kappa shape index (κ3) is 2.87. The number of hydrogen-bond acceptors (Lipinski definition) is 3. The SMILES string of the molecule is CC(C)[C@H](O)CC[C@@H](C)[C@H]1CC[C@H]2[C@@H]3C=CC4=CC(=O)[C@@H]5O[C@@H]5[C@]4(C)[C@H]3CC[C@]12C. The Balaban J connectivity index is 1.36. The van der Waals surface area contributed by atoms with Crippen molar-refractivity contribution in [3.63, 3.8) is 0 Å². The normalized spacial score (nSPS) is 48.4. The first kappa shape index (κ1) is 20.9. The molecular formula is C27H40O3.